The maximum absolute atomic E-state index is 11.7. The van der Waals surface area contributed by atoms with Crippen molar-refractivity contribution in [3.63, 3.8) is 0 Å². The first kappa shape index (κ1) is 23.6. The second-order valence-corrected chi connectivity index (χ2v) is 13.9. The molecule has 0 spiro atoms. The molecule has 0 bridgehead atoms. The first-order chi connectivity index (χ1) is 15.1. The molecule has 5 fully saturated rings. The smallest absolute Gasteiger partial charge is 0.0603 e. The number of aliphatic hydroxyl groups excluding tert-OH is 3. The van der Waals surface area contributed by atoms with E-state index in [0.717, 1.165) is 49.9 Å². The van der Waals surface area contributed by atoms with Crippen molar-refractivity contribution in [2.24, 2.45) is 64.1 Å². The van der Waals surface area contributed by atoms with Crippen LogP contribution >= 0.6 is 0 Å². The Morgan fingerprint density at radius 2 is 1.53 bits per heavy atom. The zero-order chi connectivity index (χ0) is 23.0. The molecule has 32 heavy (non-hydrogen) atoms. The molecule has 0 heterocycles. The normalized spacial score (nSPS) is 56.6. The third-order valence-electron chi connectivity index (χ3n) is 12.4. The summed E-state index contributed by atoms with van der Waals surface area (Å²) >= 11 is 0. The molecule has 0 aromatic rings. The van der Waals surface area contributed by atoms with E-state index in [1.165, 1.54) is 32.1 Å². The minimum Gasteiger partial charge on any atom is -0.393 e. The summed E-state index contributed by atoms with van der Waals surface area (Å²) in [6, 6.07) is 0. The lowest BCUT2D eigenvalue weighted by atomic mass is 9.43. The van der Waals surface area contributed by atoms with E-state index in [-0.39, 0.29) is 35.1 Å². The van der Waals surface area contributed by atoms with Crippen LogP contribution < -0.4 is 0 Å². The molecule has 3 N–H and O–H groups in total. The van der Waals surface area contributed by atoms with Gasteiger partial charge in [-0.05, 0) is 110 Å². The molecule has 5 saturated carbocycles. The van der Waals surface area contributed by atoms with Gasteiger partial charge in [0, 0.05) is 5.41 Å². The summed E-state index contributed by atoms with van der Waals surface area (Å²) in [6.07, 6.45) is 10.4. The quantitative estimate of drug-likeness (QED) is 0.511. The van der Waals surface area contributed by atoms with Crippen LogP contribution in [0.5, 0.6) is 0 Å². The van der Waals surface area contributed by atoms with Crippen LogP contribution in [-0.4, -0.2) is 33.6 Å². The maximum atomic E-state index is 11.7. The fourth-order valence-electron chi connectivity index (χ4n) is 10.3. The highest BCUT2D eigenvalue weighted by atomic mass is 16.3. The highest BCUT2D eigenvalue weighted by Crippen LogP contribution is 2.68. The lowest BCUT2D eigenvalue weighted by Crippen LogP contribution is -2.59. The molecule has 14 atom stereocenters. The lowest BCUT2D eigenvalue weighted by molar-refractivity contribution is -0.176. The standard InChI is InChI=1S/C29H50O3/c1-16(22-12-18(22)3)6-7-17(2)27-25(31)14-24-21-9-8-19-13-20(30)10-11-28(19,4)23(21)15-26(32)29(24,27)5/h16-27,30-32H,6-15H2,1-5H3/t16-,17-,18?,19+,20?,21?,22+,23?,24?,25-,26-,27?,28+,29-/m1/s1. The van der Waals surface area contributed by atoms with Crippen LogP contribution in [0.1, 0.15) is 98.8 Å². The number of fused-ring (bicyclic) bond motifs is 5. The average Bonchev–Trinajstić information content (AvgIpc) is 3.40. The second kappa shape index (κ2) is 8.23. The fourth-order valence-corrected chi connectivity index (χ4v) is 10.3. The predicted molar refractivity (Wildman–Crippen MR) is 129 cm³/mol. The second-order valence-electron chi connectivity index (χ2n) is 13.9. The summed E-state index contributed by atoms with van der Waals surface area (Å²) in [5.41, 5.74) is 0.114. The molecule has 184 valence electrons. The zero-order valence-corrected chi connectivity index (χ0v) is 21.3. The van der Waals surface area contributed by atoms with Gasteiger partial charge in [0.25, 0.3) is 0 Å². The highest BCUT2D eigenvalue weighted by molar-refractivity contribution is 5.14. The molecule has 5 rings (SSSR count). The van der Waals surface area contributed by atoms with Crippen LogP contribution in [0.25, 0.3) is 0 Å². The van der Waals surface area contributed by atoms with E-state index in [9.17, 15) is 15.3 Å². The fraction of sp³-hybridized carbons (Fsp3) is 1.00. The van der Waals surface area contributed by atoms with Crippen molar-refractivity contribution in [1.29, 1.82) is 0 Å². The van der Waals surface area contributed by atoms with Crippen molar-refractivity contribution in [3.8, 4) is 0 Å². The van der Waals surface area contributed by atoms with Gasteiger partial charge in [0.1, 0.15) is 0 Å². The van der Waals surface area contributed by atoms with E-state index in [1.54, 1.807) is 0 Å². The Balaban J connectivity index is 1.34. The van der Waals surface area contributed by atoms with Gasteiger partial charge in [-0.15, -0.1) is 0 Å². The third kappa shape index (κ3) is 3.54. The Labute approximate surface area is 196 Å². The molecule has 0 amide bonds. The van der Waals surface area contributed by atoms with Crippen LogP contribution in [0.4, 0.5) is 0 Å². The summed E-state index contributed by atoms with van der Waals surface area (Å²) < 4.78 is 0. The van der Waals surface area contributed by atoms with Crippen LogP contribution in [0.3, 0.4) is 0 Å². The van der Waals surface area contributed by atoms with Gasteiger partial charge in [-0.25, -0.2) is 0 Å². The lowest BCUT2D eigenvalue weighted by Gasteiger charge is -2.62. The van der Waals surface area contributed by atoms with Crippen LogP contribution in [0, 0.1) is 64.1 Å². The molecule has 6 unspecified atom stereocenters. The van der Waals surface area contributed by atoms with Crippen LogP contribution in [0.15, 0.2) is 0 Å². The molecule has 0 aliphatic heterocycles. The molecule has 3 nitrogen and oxygen atoms in total. The summed E-state index contributed by atoms with van der Waals surface area (Å²) in [6.45, 7) is 12.0. The van der Waals surface area contributed by atoms with Gasteiger partial charge < -0.3 is 15.3 Å². The Morgan fingerprint density at radius 1 is 0.844 bits per heavy atom. The number of hydrogen-bond acceptors (Lipinski definition) is 3. The SMILES string of the molecule is CC1C[C@H]1[C@H](C)CC[C@@H](C)C1[C@H](O)CC2C3CC[C@H]4CC(O)CC[C@]4(C)C3C[C@@H](O)[C@@]21C. The van der Waals surface area contributed by atoms with Gasteiger partial charge >= 0.3 is 0 Å². The largest absolute Gasteiger partial charge is 0.393 e. The first-order valence-electron chi connectivity index (χ1n) is 14.1. The van der Waals surface area contributed by atoms with Gasteiger partial charge in [-0.3, -0.25) is 0 Å². The average molecular weight is 447 g/mol. The van der Waals surface area contributed by atoms with E-state index in [1.807, 2.05) is 0 Å². The van der Waals surface area contributed by atoms with Gasteiger partial charge in [0.05, 0.1) is 18.3 Å². The molecule has 0 aromatic carbocycles. The Morgan fingerprint density at radius 3 is 2.22 bits per heavy atom. The van der Waals surface area contributed by atoms with Crippen molar-refractivity contribution in [2.45, 2.75) is 117 Å². The van der Waals surface area contributed by atoms with E-state index in [2.05, 4.69) is 34.6 Å². The van der Waals surface area contributed by atoms with Crippen molar-refractivity contribution in [3.05, 3.63) is 0 Å². The van der Waals surface area contributed by atoms with Gasteiger partial charge in [0.2, 0.25) is 0 Å². The number of hydrogen-bond donors (Lipinski definition) is 3. The first-order valence-corrected chi connectivity index (χ1v) is 14.1. The molecule has 5 aliphatic carbocycles. The van der Waals surface area contributed by atoms with E-state index < -0.39 is 0 Å². The highest BCUT2D eigenvalue weighted by Gasteiger charge is 2.65. The molecular formula is C29H50O3. The summed E-state index contributed by atoms with van der Waals surface area (Å²) in [5, 5.41) is 33.4. The number of aliphatic hydroxyl groups is 3. The van der Waals surface area contributed by atoms with E-state index in [0.29, 0.717) is 29.6 Å². The minimum absolute atomic E-state index is 0.122. The van der Waals surface area contributed by atoms with Gasteiger partial charge in [0.15, 0.2) is 0 Å². The summed E-state index contributed by atoms with van der Waals surface area (Å²) in [5.74, 6) is 5.58. The van der Waals surface area contributed by atoms with Crippen molar-refractivity contribution < 1.29 is 15.3 Å². The predicted octanol–water partition coefficient (Wildman–Crippen LogP) is 5.66. The Kier molecular flexibility index (Phi) is 6.07. The van der Waals surface area contributed by atoms with Gasteiger partial charge in [-0.2, -0.15) is 0 Å². The minimum atomic E-state index is -0.304. The monoisotopic (exact) mass is 446 g/mol. The summed E-state index contributed by atoms with van der Waals surface area (Å²) in [4.78, 5) is 0. The Bertz CT molecular complexity index is 694. The third-order valence-corrected chi connectivity index (χ3v) is 12.4. The van der Waals surface area contributed by atoms with E-state index in [4.69, 9.17) is 0 Å². The van der Waals surface area contributed by atoms with Crippen molar-refractivity contribution in [1.82, 2.24) is 0 Å². The van der Waals surface area contributed by atoms with Crippen molar-refractivity contribution >= 4 is 0 Å². The molecule has 3 heteroatoms. The van der Waals surface area contributed by atoms with Gasteiger partial charge in [-0.1, -0.05) is 47.5 Å². The summed E-state index contributed by atoms with van der Waals surface area (Å²) in [7, 11) is 0. The van der Waals surface area contributed by atoms with Crippen LogP contribution in [0.2, 0.25) is 0 Å². The molecule has 5 aliphatic rings. The molecule has 0 radical (unpaired) electrons. The maximum Gasteiger partial charge on any atom is 0.0603 e. The number of rotatable bonds is 5. The molecule has 0 saturated heterocycles. The van der Waals surface area contributed by atoms with Crippen LogP contribution in [-0.2, 0) is 0 Å². The molecule has 0 aromatic heterocycles. The van der Waals surface area contributed by atoms with Crippen molar-refractivity contribution in [2.75, 3.05) is 0 Å². The van der Waals surface area contributed by atoms with E-state index >= 15 is 0 Å². The Hall–Kier alpha value is -0.120. The topological polar surface area (TPSA) is 60.7 Å². The molecular weight excluding hydrogens is 396 g/mol. The zero-order valence-electron chi connectivity index (χ0n) is 21.3.